The first kappa shape index (κ1) is 10.6. The zero-order valence-corrected chi connectivity index (χ0v) is 9.37. The second-order valence-corrected chi connectivity index (χ2v) is 4.67. The molecule has 15 heavy (non-hydrogen) atoms. The van der Waals surface area contributed by atoms with Crippen LogP contribution >= 0.6 is 11.6 Å². The summed E-state index contributed by atoms with van der Waals surface area (Å²) in [5.74, 6) is -0.368. The monoisotopic (exact) mass is 227 g/mol. The molecule has 0 amide bonds. The Bertz CT molecular complexity index is 386. The summed E-state index contributed by atoms with van der Waals surface area (Å²) < 4.78 is 1.82. The fraction of sp³-hybridized carbons (Fsp3) is 0.545. The molecule has 1 saturated carbocycles. The Morgan fingerprint density at radius 3 is 2.87 bits per heavy atom. The first-order chi connectivity index (χ1) is 7.09. The molecular weight excluding hydrogens is 214 g/mol. The van der Waals surface area contributed by atoms with Crippen molar-refractivity contribution in [1.29, 1.82) is 0 Å². The third-order valence-corrected chi connectivity index (χ3v) is 3.41. The van der Waals surface area contributed by atoms with Gasteiger partial charge in [0.25, 0.3) is 0 Å². The molecule has 2 atom stereocenters. The molecule has 0 radical (unpaired) electrons. The van der Waals surface area contributed by atoms with Gasteiger partial charge in [0.15, 0.2) is 0 Å². The highest BCUT2D eigenvalue weighted by atomic mass is 35.5. The van der Waals surface area contributed by atoms with Crippen LogP contribution in [0.2, 0.25) is 5.02 Å². The topological polar surface area (TPSA) is 42.2 Å². The standard InChI is InChI=1S/C11H14ClNO2/c1-7-3-2-4-9(7)13-6-8(12)5-10(13)11(14)15/h5-7,9H,2-4H2,1H3,(H,14,15). The molecule has 1 N–H and O–H groups in total. The summed E-state index contributed by atoms with van der Waals surface area (Å²) >= 11 is 5.85. The van der Waals surface area contributed by atoms with Crippen molar-refractivity contribution in [1.82, 2.24) is 4.57 Å². The van der Waals surface area contributed by atoms with Crippen LogP contribution in [0.1, 0.15) is 42.7 Å². The normalized spacial score (nSPS) is 25.7. The van der Waals surface area contributed by atoms with E-state index in [4.69, 9.17) is 16.7 Å². The fourth-order valence-corrected chi connectivity index (χ4v) is 2.64. The van der Waals surface area contributed by atoms with Gasteiger partial charge in [0.1, 0.15) is 5.69 Å². The van der Waals surface area contributed by atoms with E-state index in [1.54, 1.807) is 6.20 Å². The minimum atomic E-state index is -0.902. The number of halogens is 1. The van der Waals surface area contributed by atoms with Crippen molar-refractivity contribution in [2.24, 2.45) is 5.92 Å². The molecule has 2 rings (SSSR count). The van der Waals surface area contributed by atoms with Crippen molar-refractivity contribution in [3.63, 3.8) is 0 Å². The molecule has 1 aliphatic carbocycles. The Morgan fingerprint density at radius 1 is 1.60 bits per heavy atom. The summed E-state index contributed by atoms with van der Waals surface area (Å²) in [6.45, 7) is 2.16. The number of carboxylic acids is 1. The number of rotatable bonds is 2. The summed E-state index contributed by atoms with van der Waals surface area (Å²) in [5, 5.41) is 9.55. The van der Waals surface area contributed by atoms with E-state index in [9.17, 15) is 4.79 Å². The van der Waals surface area contributed by atoms with Crippen molar-refractivity contribution in [3.05, 3.63) is 23.0 Å². The number of hydrogen-bond acceptors (Lipinski definition) is 1. The molecular formula is C11H14ClNO2. The lowest BCUT2D eigenvalue weighted by Gasteiger charge is -2.19. The molecule has 0 aromatic carbocycles. The molecule has 1 aromatic heterocycles. The molecule has 1 heterocycles. The molecule has 3 nitrogen and oxygen atoms in total. The van der Waals surface area contributed by atoms with Gasteiger partial charge in [-0.3, -0.25) is 0 Å². The van der Waals surface area contributed by atoms with Crippen LogP contribution in [0.25, 0.3) is 0 Å². The third kappa shape index (κ3) is 1.88. The van der Waals surface area contributed by atoms with Crippen LogP contribution in [0.15, 0.2) is 12.3 Å². The molecule has 0 spiro atoms. The quantitative estimate of drug-likeness (QED) is 0.843. The van der Waals surface area contributed by atoms with Crippen LogP contribution < -0.4 is 0 Å². The predicted octanol–water partition coefficient (Wildman–Crippen LogP) is 3.20. The molecule has 0 aliphatic heterocycles. The second kappa shape index (κ2) is 3.89. The molecule has 0 bridgehead atoms. The van der Waals surface area contributed by atoms with Crippen LogP contribution in [0.4, 0.5) is 0 Å². The van der Waals surface area contributed by atoms with Gasteiger partial charge in [-0.05, 0) is 24.8 Å². The van der Waals surface area contributed by atoms with Gasteiger partial charge in [0.05, 0.1) is 5.02 Å². The minimum absolute atomic E-state index is 0.295. The Labute approximate surface area is 93.7 Å². The van der Waals surface area contributed by atoms with Crippen molar-refractivity contribution in [3.8, 4) is 0 Å². The fourth-order valence-electron chi connectivity index (χ4n) is 2.43. The van der Waals surface area contributed by atoms with E-state index in [2.05, 4.69) is 6.92 Å². The van der Waals surface area contributed by atoms with Crippen LogP contribution in [0.5, 0.6) is 0 Å². The average Bonchev–Trinajstić information content (AvgIpc) is 2.71. The minimum Gasteiger partial charge on any atom is -0.477 e. The van der Waals surface area contributed by atoms with E-state index in [1.807, 2.05) is 4.57 Å². The van der Waals surface area contributed by atoms with Gasteiger partial charge in [0, 0.05) is 12.2 Å². The maximum atomic E-state index is 11.0. The molecule has 4 heteroatoms. The van der Waals surface area contributed by atoms with Gasteiger partial charge >= 0.3 is 5.97 Å². The Morgan fingerprint density at radius 2 is 2.33 bits per heavy atom. The number of carbonyl (C=O) groups is 1. The highest BCUT2D eigenvalue weighted by molar-refractivity contribution is 6.30. The van der Waals surface area contributed by atoms with Gasteiger partial charge in [0.2, 0.25) is 0 Å². The lowest BCUT2D eigenvalue weighted by atomic mass is 10.1. The Hall–Kier alpha value is -0.960. The van der Waals surface area contributed by atoms with Gasteiger partial charge in [-0.1, -0.05) is 24.9 Å². The van der Waals surface area contributed by atoms with Crippen LogP contribution in [0.3, 0.4) is 0 Å². The van der Waals surface area contributed by atoms with Crippen LogP contribution in [-0.2, 0) is 0 Å². The Balaban J connectivity index is 2.38. The molecule has 1 fully saturated rings. The van der Waals surface area contributed by atoms with Gasteiger partial charge in [-0.2, -0.15) is 0 Å². The molecule has 1 aliphatic rings. The lowest BCUT2D eigenvalue weighted by Crippen LogP contribution is -2.16. The molecule has 0 saturated heterocycles. The maximum Gasteiger partial charge on any atom is 0.352 e. The zero-order chi connectivity index (χ0) is 11.0. The highest BCUT2D eigenvalue weighted by Crippen LogP contribution is 2.37. The highest BCUT2D eigenvalue weighted by Gasteiger charge is 2.27. The third-order valence-electron chi connectivity index (χ3n) is 3.21. The summed E-state index contributed by atoms with van der Waals surface area (Å²) in [7, 11) is 0. The number of carboxylic acid groups (broad SMARTS) is 1. The second-order valence-electron chi connectivity index (χ2n) is 4.23. The van der Waals surface area contributed by atoms with E-state index in [1.165, 1.54) is 18.9 Å². The summed E-state index contributed by atoms with van der Waals surface area (Å²) in [4.78, 5) is 11.0. The number of nitrogens with zero attached hydrogens (tertiary/aromatic N) is 1. The van der Waals surface area contributed by atoms with Crippen molar-refractivity contribution < 1.29 is 9.90 Å². The summed E-state index contributed by atoms with van der Waals surface area (Å²) in [5.41, 5.74) is 0.304. The molecule has 1 aromatic rings. The van der Waals surface area contributed by atoms with E-state index in [0.29, 0.717) is 22.7 Å². The zero-order valence-electron chi connectivity index (χ0n) is 8.61. The molecule has 2 unspecified atom stereocenters. The van der Waals surface area contributed by atoms with Crippen molar-refractivity contribution >= 4 is 17.6 Å². The predicted molar refractivity (Wildman–Crippen MR) is 58.5 cm³/mol. The van der Waals surface area contributed by atoms with Crippen molar-refractivity contribution in [2.45, 2.75) is 32.2 Å². The largest absolute Gasteiger partial charge is 0.477 e. The average molecular weight is 228 g/mol. The number of hydrogen-bond donors (Lipinski definition) is 1. The van der Waals surface area contributed by atoms with Crippen LogP contribution in [-0.4, -0.2) is 15.6 Å². The smallest absolute Gasteiger partial charge is 0.352 e. The van der Waals surface area contributed by atoms with Crippen molar-refractivity contribution in [2.75, 3.05) is 0 Å². The van der Waals surface area contributed by atoms with Gasteiger partial charge in [-0.25, -0.2) is 4.79 Å². The van der Waals surface area contributed by atoms with Crippen LogP contribution in [0, 0.1) is 5.92 Å². The number of aromatic nitrogens is 1. The first-order valence-electron chi connectivity index (χ1n) is 5.20. The maximum absolute atomic E-state index is 11.0. The Kier molecular flexibility index (Phi) is 2.74. The van der Waals surface area contributed by atoms with E-state index < -0.39 is 5.97 Å². The molecule has 82 valence electrons. The lowest BCUT2D eigenvalue weighted by molar-refractivity contribution is 0.0681. The van der Waals surface area contributed by atoms with E-state index >= 15 is 0 Å². The van der Waals surface area contributed by atoms with E-state index in [-0.39, 0.29) is 0 Å². The van der Waals surface area contributed by atoms with Gasteiger partial charge < -0.3 is 9.67 Å². The SMILES string of the molecule is CC1CCCC1n1cc(Cl)cc1C(=O)O. The number of aromatic carboxylic acids is 1. The van der Waals surface area contributed by atoms with Gasteiger partial charge in [-0.15, -0.1) is 0 Å². The van der Waals surface area contributed by atoms with E-state index in [0.717, 1.165) is 6.42 Å². The summed E-state index contributed by atoms with van der Waals surface area (Å²) in [6.07, 6.45) is 5.12. The first-order valence-corrected chi connectivity index (χ1v) is 5.58. The summed E-state index contributed by atoms with van der Waals surface area (Å²) in [6, 6.07) is 1.82.